The lowest BCUT2D eigenvalue weighted by atomic mass is 10.1. The number of hydrogen-bond acceptors (Lipinski definition) is 8. The van der Waals surface area contributed by atoms with Gasteiger partial charge in [-0.3, -0.25) is 0 Å². The third-order valence-electron chi connectivity index (χ3n) is 5.07. The van der Waals surface area contributed by atoms with Gasteiger partial charge in [0, 0.05) is 16.0 Å². The highest BCUT2D eigenvalue weighted by Crippen LogP contribution is 2.37. The van der Waals surface area contributed by atoms with Crippen LogP contribution < -0.4 is 9.33 Å². The summed E-state index contributed by atoms with van der Waals surface area (Å²) in [5, 5.41) is 28.3. The van der Waals surface area contributed by atoms with E-state index >= 15 is 0 Å². The maximum absolute atomic E-state index is 12.8. The lowest BCUT2D eigenvalue weighted by molar-refractivity contribution is -0.0328. The number of nitrogens with zero attached hydrogens (tertiary/aromatic N) is 5. The fraction of sp³-hybridized carbons (Fsp3) is 0.115. The van der Waals surface area contributed by atoms with Gasteiger partial charge >= 0.3 is 5.51 Å². The van der Waals surface area contributed by atoms with E-state index in [9.17, 15) is 29.0 Å². The molecule has 0 bridgehead atoms. The predicted molar refractivity (Wildman–Crippen MR) is 138 cm³/mol. The Kier molecular flexibility index (Phi) is 7.47. The highest BCUT2D eigenvalue weighted by Gasteiger charge is 2.29. The van der Waals surface area contributed by atoms with E-state index in [0.717, 1.165) is 22.5 Å². The smallest absolute Gasteiger partial charge is 0.235 e. The molecule has 37 heavy (non-hydrogen) atoms. The van der Waals surface area contributed by atoms with Crippen LogP contribution in [-0.2, 0) is 0 Å². The number of benzene rings is 2. The normalized spacial score (nSPS) is 12.8. The van der Waals surface area contributed by atoms with Crippen LogP contribution in [0.5, 0.6) is 0 Å². The van der Waals surface area contributed by atoms with E-state index in [1.165, 1.54) is 35.6 Å². The Labute approximate surface area is 221 Å². The second-order valence-electron chi connectivity index (χ2n) is 7.67. The molecule has 0 atom stereocenters. The standard InChI is InChI=1S/C26H14F3N5S3/c1-14-3-5-16(6-4-14)20-22(35-24(33-20)15(2)11-30)23-21(34-25(36-23)18(12-31)13-32)17-7-9-19(10-8-17)37-26(27,28)29/h3-10H,1-2H3/b23-22+,24-15-. The van der Waals surface area contributed by atoms with E-state index in [-0.39, 0.29) is 26.9 Å². The van der Waals surface area contributed by atoms with Crippen molar-refractivity contribution in [3.8, 4) is 40.7 Å². The molecule has 4 rings (SSSR count). The van der Waals surface area contributed by atoms with Gasteiger partial charge in [0.25, 0.3) is 0 Å². The number of nitriles is 3. The van der Waals surface area contributed by atoms with Crippen LogP contribution in [0.25, 0.3) is 33.7 Å². The number of hydrogen-bond donors (Lipinski definition) is 0. The molecule has 0 aliphatic heterocycles. The van der Waals surface area contributed by atoms with Crippen LogP contribution in [0, 0.1) is 50.0 Å². The molecule has 2 aromatic carbocycles. The van der Waals surface area contributed by atoms with Crippen molar-refractivity contribution in [1.29, 1.82) is 15.8 Å². The number of rotatable bonds is 3. The van der Waals surface area contributed by atoms with Gasteiger partial charge in [0.05, 0.1) is 32.1 Å². The molecule has 2 heterocycles. The van der Waals surface area contributed by atoms with Gasteiger partial charge in [-0.15, -0.1) is 22.7 Å². The van der Waals surface area contributed by atoms with Crippen LogP contribution in [0.3, 0.4) is 0 Å². The van der Waals surface area contributed by atoms with Gasteiger partial charge in [-0.25, -0.2) is 9.97 Å². The SMILES string of the molecule is C/C(C#N)=c1\nc(-c2ccc(C)cc2)/c(=c2\sc(=C(C#N)C#N)nc2-c2ccc(SC(F)(F)F)cc2)s1. The number of aryl methyl sites for hydroxylation is 1. The minimum Gasteiger partial charge on any atom is -0.235 e. The first-order chi connectivity index (χ1) is 17.6. The third kappa shape index (κ3) is 5.73. The Bertz CT molecular complexity index is 1820. The van der Waals surface area contributed by atoms with Gasteiger partial charge in [-0.2, -0.15) is 29.0 Å². The lowest BCUT2D eigenvalue weighted by Gasteiger charge is -2.05. The summed E-state index contributed by atoms with van der Waals surface area (Å²) in [7, 11) is 0. The lowest BCUT2D eigenvalue weighted by Crippen LogP contribution is -2.01. The van der Waals surface area contributed by atoms with Crippen LogP contribution in [0.1, 0.15) is 12.5 Å². The zero-order valence-corrected chi connectivity index (χ0v) is 21.7. The van der Waals surface area contributed by atoms with Gasteiger partial charge in [0.1, 0.15) is 21.5 Å². The van der Waals surface area contributed by atoms with Crippen LogP contribution in [0.2, 0.25) is 0 Å². The number of alkyl halides is 3. The molecule has 0 spiro atoms. The Balaban J connectivity index is 2.13. The van der Waals surface area contributed by atoms with Gasteiger partial charge in [0.2, 0.25) is 0 Å². The Morgan fingerprint density at radius 2 is 1.27 bits per heavy atom. The largest absolute Gasteiger partial charge is 0.446 e. The van der Waals surface area contributed by atoms with E-state index in [4.69, 9.17) is 4.98 Å². The van der Waals surface area contributed by atoms with Crippen molar-refractivity contribution in [2.45, 2.75) is 24.3 Å². The molecular weight excluding hydrogens is 536 g/mol. The molecule has 0 unspecified atom stereocenters. The summed E-state index contributed by atoms with van der Waals surface area (Å²) in [6, 6.07) is 19.2. The first kappa shape index (κ1) is 26.1. The molecule has 0 N–H and O–H groups in total. The predicted octanol–water partition coefficient (Wildman–Crippen LogP) is 6.03. The minimum absolute atomic E-state index is 0.0224. The number of aromatic nitrogens is 2. The monoisotopic (exact) mass is 549 g/mol. The zero-order chi connectivity index (χ0) is 26.7. The summed E-state index contributed by atoms with van der Waals surface area (Å²) in [6.45, 7) is 3.62. The quantitative estimate of drug-likeness (QED) is 0.289. The van der Waals surface area contributed by atoms with Crippen molar-refractivity contribution in [3.05, 3.63) is 72.5 Å². The van der Waals surface area contributed by atoms with Gasteiger partial charge in [-0.05, 0) is 37.7 Å². The molecule has 182 valence electrons. The van der Waals surface area contributed by atoms with Crippen LogP contribution in [0.4, 0.5) is 13.2 Å². The summed E-state index contributed by atoms with van der Waals surface area (Å²) in [5.41, 5.74) is -0.785. The van der Waals surface area contributed by atoms with E-state index < -0.39 is 5.51 Å². The first-order valence-corrected chi connectivity index (χ1v) is 12.9. The molecule has 0 radical (unpaired) electrons. The first-order valence-electron chi connectivity index (χ1n) is 10.5. The molecule has 0 saturated carbocycles. The van der Waals surface area contributed by atoms with Crippen LogP contribution in [-0.4, -0.2) is 15.5 Å². The molecule has 2 aromatic heterocycles. The minimum atomic E-state index is -4.42. The molecule has 4 aromatic rings. The van der Waals surface area contributed by atoms with Crippen molar-refractivity contribution in [1.82, 2.24) is 9.97 Å². The molecule has 0 amide bonds. The van der Waals surface area contributed by atoms with Crippen molar-refractivity contribution in [2.24, 2.45) is 0 Å². The van der Waals surface area contributed by atoms with Crippen molar-refractivity contribution >= 4 is 45.6 Å². The topological polar surface area (TPSA) is 97.1 Å². The average Bonchev–Trinajstić information content (AvgIpc) is 3.49. The highest BCUT2D eigenvalue weighted by molar-refractivity contribution is 8.00. The summed E-state index contributed by atoms with van der Waals surface area (Å²) < 4.78 is 40.4. The van der Waals surface area contributed by atoms with E-state index in [1.54, 1.807) is 6.92 Å². The van der Waals surface area contributed by atoms with Crippen molar-refractivity contribution in [2.75, 3.05) is 0 Å². The summed E-state index contributed by atoms with van der Waals surface area (Å²) in [6.07, 6.45) is 0. The van der Waals surface area contributed by atoms with Gasteiger partial charge in [0.15, 0.2) is 5.57 Å². The molecular formula is C26H14F3N5S3. The number of thioether (sulfide) groups is 1. The molecule has 11 heteroatoms. The van der Waals surface area contributed by atoms with E-state index in [2.05, 4.69) is 11.1 Å². The number of halogens is 3. The zero-order valence-electron chi connectivity index (χ0n) is 19.2. The van der Waals surface area contributed by atoms with Crippen LogP contribution in [0.15, 0.2) is 53.4 Å². The number of thiazole rings is 2. The molecule has 5 nitrogen and oxygen atoms in total. The molecule has 0 aliphatic rings. The van der Waals surface area contributed by atoms with E-state index in [0.29, 0.717) is 36.3 Å². The van der Waals surface area contributed by atoms with Gasteiger partial charge in [-0.1, -0.05) is 42.0 Å². The maximum Gasteiger partial charge on any atom is 0.446 e. The fourth-order valence-electron chi connectivity index (χ4n) is 3.30. The highest BCUT2D eigenvalue weighted by atomic mass is 32.2. The van der Waals surface area contributed by atoms with E-state index in [1.807, 2.05) is 43.3 Å². The fourth-order valence-corrected chi connectivity index (χ4v) is 6.04. The molecule has 0 aliphatic carbocycles. The second kappa shape index (κ2) is 10.6. The molecule has 0 fully saturated rings. The molecule has 0 saturated heterocycles. The van der Waals surface area contributed by atoms with Crippen LogP contribution >= 0.6 is 34.4 Å². The Morgan fingerprint density at radius 1 is 0.784 bits per heavy atom. The average molecular weight is 550 g/mol. The summed E-state index contributed by atoms with van der Waals surface area (Å²) in [5.74, 6) is 0. The third-order valence-corrected chi connectivity index (χ3v) is 8.22. The Morgan fingerprint density at radius 3 is 1.76 bits per heavy atom. The Hall–Kier alpha value is -3.95. The maximum atomic E-state index is 12.8. The second-order valence-corrected chi connectivity index (χ2v) is 10.8. The summed E-state index contributed by atoms with van der Waals surface area (Å²) in [4.78, 5) is 9.28. The van der Waals surface area contributed by atoms with Crippen molar-refractivity contribution < 1.29 is 13.2 Å². The van der Waals surface area contributed by atoms with Gasteiger partial charge < -0.3 is 0 Å². The van der Waals surface area contributed by atoms with Crippen molar-refractivity contribution in [3.63, 3.8) is 0 Å². The summed E-state index contributed by atoms with van der Waals surface area (Å²) >= 11 is 2.18.